The van der Waals surface area contributed by atoms with Crippen LogP contribution in [0.2, 0.25) is 0 Å². The second kappa shape index (κ2) is 61.4. The Hall–Kier alpha value is -2.18. The van der Waals surface area contributed by atoms with Crippen molar-refractivity contribution in [3.05, 3.63) is 48.6 Å². The highest BCUT2D eigenvalue weighted by Gasteiger charge is 2.20. The molecule has 422 valence electrons. The topological polar surface area (TPSA) is 95.9 Å². The Morgan fingerprint density at radius 3 is 1.11 bits per heavy atom. The fraction of sp³-hybridized carbons (Fsp3) is 0.848. The first kappa shape index (κ1) is 69.8. The van der Waals surface area contributed by atoms with Crippen LogP contribution < -0.4 is 5.32 Å². The normalized spacial score (nSPS) is 12.9. The van der Waals surface area contributed by atoms with Crippen molar-refractivity contribution in [2.45, 2.75) is 347 Å². The molecule has 0 aliphatic heterocycles. The number of aliphatic hydroxyl groups is 2. The molecule has 0 spiro atoms. The monoisotopic (exact) mass is 1010 g/mol. The predicted octanol–water partition coefficient (Wildman–Crippen LogP) is 20.1. The summed E-state index contributed by atoms with van der Waals surface area (Å²) in [6.07, 6.45) is 78.4. The molecule has 0 heterocycles. The number of nitrogens with one attached hydrogen (secondary N) is 1. The molecule has 2 atom stereocenters. The van der Waals surface area contributed by atoms with Gasteiger partial charge in [-0.25, -0.2) is 0 Å². The maximum Gasteiger partial charge on any atom is 0.305 e. The molecule has 0 saturated carbocycles. The number of allylic oxidation sites excluding steroid dienone is 8. The zero-order chi connectivity index (χ0) is 52.2. The lowest BCUT2D eigenvalue weighted by Crippen LogP contribution is -2.45. The fourth-order valence-corrected chi connectivity index (χ4v) is 9.71. The molecule has 2 unspecified atom stereocenters. The Morgan fingerprint density at radius 1 is 0.389 bits per heavy atom. The predicted molar refractivity (Wildman–Crippen MR) is 315 cm³/mol. The van der Waals surface area contributed by atoms with Crippen molar-refractivity contribution in [2.24, 2.45) is 0 Å². The molecule has 1 amide bonds. The van der Waals surface area contributed by atoms with Crippen LogP contribution in [-0.2, 0) is 14.3 Å². The summed E-state index contributed by atoms with van der Waals surface area (Å²) in [6, 6.07) is -0.556. The largest absolute Gasteiger partial charge is 0.466 e. The highest BCUT2D eigenvalue weighted by Crippen LogP contribution is 2.18. The average molecular weight is 1010 g/mol. The number of carbonyl (C=O) groups is 2. The second-order valence-electron chi connectivity index (χ2n) is 21.7. The van der Waals surface area contributed by atoms with E-state index in [-0.39, 0.29) is 18.5 Å². The number of unbranched alkanes of at least 4 members (excludes halogenated alkanes) is 40. The van der Waals surface area contributed by atoms with Gasteiger partial charge < -0.3 is 20.3 Å². The lowest BCUT2D eigenvalue weighted by molar-refractivity contribution is -0.143. The Morgan fingerprint density at radius 2 is 0.722 bits per heavy atom. The van der Waals surface area contributed by atoms with Gasteiger partial charge in [0.2, 0.25) is 5.91 Å². The molecule has 0 aliphatic carbocycles. The zero-order valence-corrected chi connectivity index (χ0v) is 48.2. The lowest BCUT2D eigenvalue weighted by atomic mass is 10.0. The molecular weight excluding hydrogens is 887 g/mol. The van der Waals surface area contributed by atoms with Gasteiger partial charge in [0.15, 0.2) is 0 Å². The van der Waals surface area contributed by atoms with Gasteiger partial charge in [0, 0.05) is 12.8 Å². The number of esters is 1. The van der Waals surface area contributed by atoms with Crippen LogP contribution in [0.3, 0.4) is 0 Å². The van der Waals surface area contributed by atoms with Gasteiger partial charge in [-0.15, -0.1) is 0 Å². The van der Waals surface area contributed by atoms with Gasteiger partial charge in [-0.1, -0.05) is 281 Å². The molecule has 0 rings (SSSR count). The molecule has 0 aromatic heterocycles. The average Bonchev–Trinajstić information content (AvgIpc) is 3.38. The Labute approximate surface area is 448 Å². The smallest absolute Gasteiger partial charge is 0.305 e. The summed E-state index contributed by atoms with van der Waals surface area (Å²) in [5.74, 6) is -0.0795. The number of amides is 1. The number of carbonyl (C=O) groups excluding carboxylic acids is 2. The number of rotatable bonds is 59. The molecule has 0 saturated heterocycles. The minimum absolute atomic E-state index is 0.0306. The first-order valence-electron chi connectivity index (χ1n) is 31.9. The van der Waals surface area contributed by atoms with Crippen molar-refractivity contribution >= 4 is 11.9 Å². The Kier molecular flexibility index (Phi) is 59.5. The number of ether oxygens (including phenoxy) is 1. The molecule has 0 aliphatic rings. The van der Waals surface area contributed by atoms with E-state index in [1.54, 1.807) is 0 Å². The molecule has 0 aromatic rings. The van der Waals surface area contributed by atoms with Gasteiger partial charge in [-0.2, -0.15) is 0 Å². The van der Waals surface area contributed by atoms with Crippen molar-refractivity contribution in [1.29, 1.82) is 0 Å². The van der Waals surface area contributed by atoms with Crippen LogP contribution in [0.4, 0.5) is 0 Å². The highest BCUT2D eigenvalue weighted by atomic mass is 16.5. The van der Waals surface area contributed by atoms with E-state index in [1.807, 2.05) is 0 Å². The Bertz CT molecular complexity index is 1210. The molecule has 0 bridgehead atoms. The third-order valence-electron chi connectivity index (χ3n) is 14.6. The number of aliphatic hydroxyl groups excluding tert-OH is 2. The van der Waals surface area contributed by atoms with E-state index in [4.69, 9.17) is 4.74 Å². The maximum atomic E-state index is 12.5. The van der Waals surface area contributed by atoms with Crippen LogP contribution >= 0.6 is 0 Å². The molecule has 0 aromatic carbocycles. The SMILES string of the molecule is CCC/C=C\C/C=C\CCCCCCCC(=O)OCCCCC/C=C\C/C=C\CCCCCCCCCC(=O)NC(CO)C(O)CCCCCCCCCCCCCCCCCCCCCCCCCCC. The molecule has 6 nitrogen and oxygen atoms in total. The standard InChI is InChI=1S/C66H123NO5/c1-3-5-7-9-11-13-15-17-18-19-20-21-22-23-24-25-26-28-31-35-38-42-46-50-54-58-64(69)63(62-68)67-65(70)59-55-51-47-43-39-36-32-29-27-30-33-37-41-45-49-53-57-61-72-66(71)60-56-52-48-44-40-34-16-14-12-10-8-6-4-2/h8,10,14,16,27,30,37,41,63-64,68-69H,3-7,9,11-13,15,17-26,28-29,31-36,38-40,42-62H2,1-2H3,(H,67,70)/b10-8-,16-14-,30-27-,41-37-. The summed E-state index contributed by atoms with van der Waals surface area (Å²) in [7, 11) is 0. The van der Waals surface area contributed by atoms with Gasteiger partial charge in [0.25, 0.3) is 0 Å². The molecule has 72 heavy (non-hydrogen) atoms. The van der Waals surface area contributed by atoms with Crippen LogP contribution in [0.5, 0.6) is 0 Å². The van der Waals surface area contributed by atoms with Crippen LogP contribution in [0.1, 0.15) is 335 Å². The van der Waals surface area contributed by atoms with Crippen LogP contribution in [0.25, 0.3) is 0 Å². The van der Waals surface area contributed by atoms with Crippen LogP contribution in [0.15, 0.2) is 48.6 Å². The van der Waals surface area contributed by atoms with Gasteiger partial charge >= 0.3 is 5.97 Å². The third-order valence-corrected chi connectivity index (χ3v) is 14.6. The summed E-state index contributed by atoms with van der Waals surface area (Å²) in [4.78, 5) is 24.5. The van der Waals surface area contributed by atoms with Crippen molar-refractivity contribution in [3.63, 3.8) is 0 Å². The summed E-state index contributed by atoms with van der Waals surface area (Å²) >= 11 is 0. The van der Waals surface area contributed by atoms with E-state index in [9.17, 15) is 19.8 Å². The summed E-state index contributed by atoms with van der Waals surface area (Å²) in [6.45, 7) is 4.85. The van der Waals surface area contributed by atoms with E-state index >= 15 is 0 Å². The zero-order valence-electron chi connectivity index (χ0n) is 48.2. The summed E-state index contributed by atoms with van der Waals surface area (Å²) in [5.41, 5.74) is 0. The summed E-state index contributed by atoms with van der Waals surface area (Å²) in [5, 5.41) is 23.4. The second-order valence-corrected chi connectivity index (χ2v) is 21.7. The van der Waals surface area contributed by atoms with Gasteiger partial charge in [-0.05, 0) is 89.9 Å². The molecular formula is C66H123NO5. The van der Waals surface area contributed by atoms with E-state index in [0.29, 0.717) is 25.9 Å². The van der Waals surface area contributed by atoms with Gasteiger partial charge in [0.05, 0.1) is 25.4 Å². The molecule has 0 radical (unpaired) electrons. The van der Waals surface area contributed by atoms with E-state index in [2.05, 4.69) is 67.8 Å². The fourth-order valence-electron chi connectivity index (χ4n) is 9.71. The van der Waals surface area contributed by atoms with E-state index in [0.717, 1.165) is 96.3 Å². The minimum Gasteiger partial charge on any atom is -0.466 e. The van der Waals surface area contributed by atoms with Crippen molar-refractivity contribution in [2.75, 3.05) is 13.2 Å². The minimum atomic E-state index is -0.678. The lowest BCUT2D eigenvalue weighted by Gasteiger charge is -2.22. The maximum absolute atomic E-state index is 12.5. The van der Waals surface area contributed by atoms with Crippen LogP contribution in [0, 0.1) is 0 Å². The van der Waals surface area contributed by atoms with Crippen molar-refractivity contribution < 1.29 is 24.5 Å². The quantitative estimate of drug-likeness (QED) is 0.0320. The molecule has 6 heteroatoms. The van der Waals surface area contributed by atoms with E-state index in [1.165, 1.54) is 205 Å². The van der Waals surface area contributed by atoms with Crippen molar-refractivity contribution in [3.8, 4) is 0 Å². The van der Waals surface area contributed by atoms with Crippen molar-refractivity contribution in [1.82, 2.24) is 5.32 Å². The van der Waals surface area contributed by atoms with Crippen LogP contribution in [-0.4, -0.2) is 47.4 Å². The Balaban J connectivity index is 3.49. The van der Waals surface area contributed by atoms with E-state index < -0.39 is 12.1 Å². The van der Waals surface area contributed by atoms with Gasteiger partial charge in [-0.3, -0.25) is 9.59 Å². The first-order valence-corrected chi connectivity index (χ1v) is 31.9. The molecule has 0 fully saturated rings. The molecule has 3 N–H and O–H groups in total. The van der Waals surface area contributed by atoms with Gasteiger partial charge in [0.1, 0.15) is 0 Å². The number of hydrogen-bond acceptors (Lipinski definition) is 5. The highest BCUT2D eigenvalue weighted by molar-refractivity contribution is 5.76. The third kappa shape index (κ3) is 57.1. The first-order chi connectivity index (χ1) is 35.5. The summed E-state index contributed by atoms with van der Waals surface area (Å²) < 4.78 is 5.44. The number of hydrogen-bond donors (Lipinski definition) is 3.